The molecule has 0 aliphatic rings. The molecule has 2 nitrogen and oxygen atoms in total. The van der Waals surface area contributed by atoms with Crippen molar-refractivity contribution in [3.63, 3.8) is 0 Å². The zero-order chi connectivity index (χ0) is 11.8. The molecule has 0 saturated heterocycles. The van der Waals surface area contributed by atoms with Crippen molar-refractivity contribution in [3.05, 3.63) is 42.5 Å². The number of rotatable bonds is 6. The first kappa shape index (κ1) is 12.6. The van der Waals surface area contributed by atoms with Gasteiger partial charge in [-0.2, -0.15) is 0 Å². The summed E-state index contributed by atoms with van der Waals surface area (Å²) < 4.78 is 5.12. The Bertz CT molecular complexity index is 379. The van der Waals surface area contributed by atoms with Gasteiger partial charge in [-0.05, 0) is 36.3 Å². The fourth-order valence-electron chi connectivity index (χ4n) is 1.54. The molecular weight excluding hydrogens is 218 g/mol. The number of allylic oxidation sites excluding steroid dienone is 1. The van der Waals surface area contributed by atoms with E-state index in [2.05, 4.69) is 29.0 Å². The van der Waals surface area contributed by atoms with Crippen LogP contribution in [0.1, 0.15) is 17.9 Å². The molecule has 0 heterocycles. The van der Waals surface area contributed by atoms with Gasteiger partial charge in [0.15, 0.2) is 0 Å². The van der Waals surface area contributed by atoms with E-state index < -0.39 is 0 Å². The lowest BCUT2D eigenvalue weighted by Gasteiger charge is -2.12. The third-order valence-electron chi connectivity index (χ3n) is 2.41. The molecule has 0 spiro atoms. The van der Waals surface area contributed by atoms with E-state index in [9.17, 15) is 0 Å². The molecule has 1 aromatic carbocycles. The van der Waals surface area contributed by atoms with Gasteiger partial charge in [0.05, 0.1) is 18.8 Å². The fourth-order valence-corrected chi connectivity index (χ4v) is 1.62. The van der Waals surface area contributed by atoms with Crippen molar-refractivity contribution in [1.82, 2.24) is 0 Å². The minimum Gasteiger partial charge on any atom is -0.497 e. The Kier molecular flexibility index (Phi) is 5.48. The van der Waals surface area contributed by atoms with Gasteiger partial charge >= 0.3 is 0 Å². The highest BCUT2D eigenvalue weighted by Crippen LogP contribution is 2.22. The standard InChI is InChI=1S/C13H15NOS/c1-3-4-12(9-14-10-16)11-5-7-13(15-2)8-6-11/h3,5-8,12H,1,4,9H2,2H3. The van der Waals surface area contributed by atoms with E-state index in [0.717, 1.165) is 12.2 Å². The topological polar surface area (TPSA) is 21.6 Å². The molecule has 0 aromatic heterocycles. The predicted molar refractivity (Wildman–Crippen MR) is 70.4 cm³/mol. The molecular formula is C13H15NOS. The van der Waals surface area contributed by atoms with E-state index in [1.807, 2.05) is 30.3 Å². The van der Waals surface area contributed by atoms with Crippen molar-refractivity contribution in [1.29, 1.82) is 0 Å². The summed E-state index contributed by atoms with van der Waals surface area (Å²) in [6.45, 7) is 4.41. The number of isothiocyanates is 1. The van der Waals surface area contributed by atoms with Crippen molar-refractivity contribution in [2.24, 2.45) is 4.99 Å². The van der Waals surface area contributed by atoms with E-state index in [0.29, 0.717) is 12.5 Å². The molecule has 84 valence electrons. The van der Waals surface area contributed by atoms with E-state index in [1.165, 1.54) is 5.56 Å². The lowest BCUT2D eigenvalue weighted by atomic mass is 9.96. The Balaban J connectivity index is 2.82. The number of methoxy groups -OCH3 is 1. The maximum Gasteiger partial charge on any atom is 0.118 e. The maximum absolute atomic E-state index is 5.12. The smallest absolute Gasteiger partial charge is 0.118 e. The summed E-state index contributed by atoms with van der Waals surface area (Å²) in [5, 5.41) is 2.40. The summed E-state index contributed by atoms with van der Waals surface area (Å²) in [6.07, 6.45) is 2.78. The highest BCUT2D eigenvalue weighted by Gasteiger charge is 2.08. The van der Waals surface area contributed by atoms with E-state index in [4.69, 9.17) is 4.74 Å². The molecule has 0 N–H and O–H groups in total. The van der Waals surface area contributed by atoms with Crippen LogP contribution in [-0.4, -0.2) is 18.8 Å². The summed E-state index contributed by atoms with van der Waals surface area (Å²) in [4.78, 5) is 4.00. The molecule has 0 amide bonds. The Morgan fingerprint density at radius 1 is 1.50 bits per heavy atom. The first-order chi connectivity index (χ1) is 7.81. The molecule has 1 atom stereocenters. The molecule has 3 heteroatoms. The van der Waals surface area contributed by atoms with Gasteiger partial charge in [0.25, 0.3) is 0 Å². The molecule has 0 saturated carbocycles. The van der Waals surface area contributed by atoms with Crippen LogP contribution in [0, 0.1) is 0 Å². The number of thiocarbonyl (C=S) groups is 1. The number of hydrogen-bond donors (Lipinski definition) is 0. The van der Waals surface area contributed by atoms with Gasteiger partial charge in [-0.15, -0.1) is 6.58 Å². The summed E-state index contributed by atoms with van der Waals surface area (Å²) in [7, 11) is 1.66. The first-order valence-corrected chi connectivity index (χ1v) is 5.51. The van der Waals surface area contributed by atoms with Crippen LogP contribution in [0.3, 0.4) is 0 Å². The van der Waals surface area contributed by atoms with Crippen molar-refractivity contribution < 1.29 is 4.74 Å². The zero-order valence-electron chi connectivity index (χ0n) is 9.35. The third-order valence-corrected chi connectivity index (χ3v) is 2.54. The van der Waals surface area contributed by atoms with E-state index in [-0.39, 0.29) is 0 Å². The SMILES string of the molecule is C=CCC(CN=C=S)c1ccc(OC)cc1. The van der Waals surface area contributed by atoms with Crippen LogP contribution in [0.2, 0.25) is 0 Å². The lowest BCUT2D eigenvalue weighted by molar-refractivity contribution is 0.414. The van der Waals surface area contributed by atoms with Crippen LogP contribution in [0.5, 0.6) is 5.75 Å². The van der Waals surface area contributed by atoms with Crippen LogP contribution < -0.4 is 4.74 Å². The zero-order valence-corrected chi connectivity index (χ0v) is 10.2. The van der Waals surface area contributed by atoms with Gasteiger partial charge in [0.1, 0.15) is 5.75 Å². The molecule has 0 radical (unpaired) electrons. The maximum atomic E-state index is 5.12. The Morgan fingerprint density at radius 3 is 2.69 bits per heavy atom. The molecule has 1 aromatic rings. The average molecular weight is 233 g/mol. The molecule has 16 heavy (non-hydrogen) atoms. The minimum absolute atomic E-state index is 0.318. The Morgan fingerprint density at radius 2 is 2.19 bits per heavy atom. The second kappa shape index (κ2) is 6.94. The first-order valence-electron chi connectivity index (χ1n) is 5.10. The largest absolute Gasteiger partial charge is 0.497 e. The Hall–Kier alpha value is -1.44. The number of hydrogen-bond acceptors (Lipinski definition) is 3. The quantitative estimate of drug-likeness (QED) is 0.426. The fraction of sp³-hybridized carbons (Fsp3) is 0.308. The number of aliphatic imine (C=N–C) groups is 1. The van der Waals surface area contributed by atoms with Gasteiger partial charge in [0.2, 0.25) is 0 Å². The van der Waals surface area contributed by atoms with Crippen molar-refractivity contribution in [3.8, 4) is 5.75 Å². The number of nitrogens with zero attached hydrogens (tertiary/aromatic N) is 1. The summed E-state index contributed by atoms with van der Waals surface area (Å²) in [5.41, 5.74) is 1.22. The number of benzene rings is 1. The molecule has 0 aliphatic heterocycles. The van der Waals surface area contributed by atoms with Crippen molar-refractivity contribution >= 4 is 17.4 Å². The van der Waals surface area contributed by atoms with E-state index >= 15 is 0 Å². The molecule has 0 bridgehead atoms. The predicted octanol–water partition coefficient (Wildman–Crippen LogP) is 3.46. The molecule has 0 aliphatic carbocycles. The normalized spacial score (nSPS) is 11.3. The van der Waals surface area contributed by atoms with Crippen LogP contribution in [0.25, 0.3) is 0 Å². The monoisotopic (exact) mass is 233 g/mol. The van der Waals surface area contributed by atoms with Crippen molar-refractivity contribution in [2.75, 3.05) is 13.7 Å². The van der Waals surface area contributed by atoms with Gasteiger partial charge in [0, 0.05) is 5.92 Å². The highest BCUT2D eigenvalue weighted by molar-refractivity contribution is 7.78. The van der Waals surface area contributed by atoms with Crippen LogP contribution in [0.15, 0.2) is 41.9 Å². The summed E-state index contributed by atoms with van der Waals surface area (Å²) in [5.74, 6) is 1.18. The molecule has 1 unspecified atom stereocenters. The highest BCUT2D eigenvalue weighted by atomic mass is 32.1. The Labute approximate surface area is 102 Å². The van der Waals surface area contributed by atoms with E-state index in [1.54, 1.807) is 7.11 Å². The average Bonchev–Trinajstić information content (AvgIpc) is 2.35. The molecule has 0 fully saturated rings. The van der Waals surface area contributed by atoms with Crippen LogP contribution in [0.4, 0.5) is 0 Å². The lowest BCUT2D eigenvalue weighted by Crippen LogP contribution is -2.01. The third kappa shape index (κ3) is 3.61. The van der Waals surface area contributed by atoms with Gasteiger partial charge in [-0.1, -0.05) is 18.2 Å². The van der Waals surface area contributed by atoms with Crippen molar-refractivity contribution in [2.45, 2.75) is 12.3 Å². The van der Waals surface area contributed by atoms with Crippen LogP contribution >= 0.6 is 12.2 Å². The molecule has 1 rings (SSSR count). The number of ether oxygens (including phenoxy) is 1. The summed E-state index contributed by atoms with van der Waals surface area (Å²) in [6, 6.07) is 8.00. The second-order valence-electron chi connectivity index (χ2n) is 3.43. The second-order valence-corrected chi connectivity index (χ2v) is 3.61. The van der Waals surface area contributed by atoms with Gasteiger partial charge in [-0.25, -0.2) is 4.99 Å². The minimum atomic E-state index is 0.318. The van der Waals surface area contributed by atoms with Crippen LogP contribution in [-0.2, 0) is 0 Å². The van der Waals surface area contributed by atoms with Gasteiger partial charge < -0.3 is 4.74 Å². The summed E-state index contributed by atoms with van der Waals surface area (Å²) >= 11 is 4.58. The van der Waals surface area contributed by atoms with Gasteiger partial charge in [-0.3, -0.25) is 0 Å².